The first-order valence-corrected chi connectivity index (χ1v) is 5.56. The average Bonchev–Trinajstić information content (AvgIpc) is 2.37. The quantitative estimate of drug-likeness (QED) is 0.695. The SMILES string of the molecule is COc1cc(F)c(C(=O)c2ccc(N)cc2F)c(F)c1. The third kappa shape index (κ3) is 2.45. The molecule has 2 aromatic rings. The van der Waals surface area contributed by atoms with Crippen LogP contribution >= 0.6 is 0 Å². The maximum absolute atomic E-state index is 13.8. The highest BCUT2D eigenvalue weighted by Crippen LogP contribution is 2.24. The Labute approximate surface area is 112 Å². The van der Waals surface area contributed by atoms with Crippen LogP contribution in [0.1, 0.15) is 15.9 Å². The molecule has 0 saturated heterocycles. The fourth-order valence-corrected chi connectivity index (χ4v) is 1.73. The maximum atomic E-state index is 13.8. The van der Waals surface area contributed by atoms with Gasteiger partial charge in [-0.25, -0.2) is 13.2 Å². The summed E-state index contributed by atoms with van der Waals surface area (Å²) in [6, 6.07) is 4.97. The number of carbonyl (C=O) groups is 1. The van der Waals surface area contributed by atoms with Crippen molar-refractivity contribution in [2.45, 2.75) is 0 Å². The highest BCUT2D eigenvalue weighted by Gasteiger charge is 2.23. The molecule has 0 atom stereocenters. The minimum atomic E-state index is -1.12. The topological polar surface area (TPSA) is 52.3 Å². The molecule has 0 bridgehead atoms. The standard InChI is InChI=1S/C14H10F3NO2/c1-20-8-5-11(16)13(12(17)6-8)14(19)9-3-2-7(18)4-10(9)15/h2-6H,18H2,1H3. The van der Waals surface area contributed by atoms with Crippen molar-refractivity contribution in [3.05, 3.63) is 58.9 Å². The molecule has 0 spiro atoms. The Morgan fingerprint density at radius 3 is 2.15 bits per heavy atom. The second kappa shape index (κ2) is 5.24. The Morgan fingerprint density at radius 2 is 1.65 bits per heavy atom. The van der Waals surface area contributed by atoms with E-state index in [9.17, 15) is 18.0 Å². The van der Waals surface area contributed by atoms with Crippen LogP contribution < -0.4 is 10.5 Å². The third-order valence-corrected chi connectivity index (χ3v) is 2.72. The van der Waals surface area contributed by atoms with Gasteiger partial charge in [-0.2, -0.15) is 0 Å². The summed E-state index contributed by atoms with van der Waals surface area (Å²) in [4.78, 5) is 12.0. The summed E-state index contributed by atoms with van der Waals surface area (Å²) in [5, 5.41) is 0. The molecule has 0 aliphatic rings. The zero-order chi connectivity index (χ0) is 14.9. The van der Waals surface area contributed by atoms with Crippen LogP contribution in [0.2, 0.25) is 0 Å². The van der Waals surface area contributed by atoms with Crippen LogP contribution in [-0.4, -0.2) is 12.9 Å². The number of nitrogens with two attached hydrogens (primary N) is 1. The van der Waals surface area contributed by atoms with E-state index in [1.54, 1.807) is 0 Å². The number of ether oxygens (including phenoxy) is 1. The summed E-state index contributed by atoms with van der Waals surface area (Å²) in [6.45, 7) is 0. The average molecular weight is 281 g/mol. The first kappa shape index (κ1) is 13.9. The largest absolute Gasteiger partial charge is 0.497 e. The van der Waals surface area contributed by atoms with Crippen molar-refractivity contribution in [1.82, 2.24) is 0 Å². The lowest BCUT2D eigenvalue weighted by Gasteiger charge is -2.08. The molecule has 0 heterocycles. The first-order chi connectivity index (χ1) is 9.43. The number of hydrogen-bond donors (Lipinski definition) is 1. The molecule has 0 aliphatic carbocycles. The molecule has 0 saturated carbocycles. The second-order valence-electron chi connectivity index (χ2n) is 4.03. The molecule has 0 radical (unpaired) electrons. The van der Waals surface area contributed by atoms with Crippen molar-refractivity contribution in [2.75, 3.05) is 12.8 Å². The van der Waals surface area contributed by atoms with E-state index in [1.807, 2.05) is 0 Å². The Kier molecular flexibility index (Phi) is 3.65. The van der Waals surface area contributed by atoms with E-state index in [0.717, 1.165) is 24.3 Å². The molecule has 0 fully saturated rings. The van der Waals surface area contributed by atoms with Crippen molar-refractivity contribution >= 4 is 11.5 Å². The molecular weight excluding hydrogens is 271 g/mol. The molecule has 6 heteroatoms. The highest BCUT2D eigenvalue weighted by molar-refractivity contribution is 6.09. The van der Waals surface area contributed by atoms with Crippen LogP contribution in [0.15, 0.2) is 30.3 Å². The lowest BCUT2D eigenvalue weighted by atomic mass is 10.0. The predicted molar refractivity (Wildman–Crippen MR) is 67.2 cm³/mol. The number of ketones is 1. The molecule has 104 valence electrons. The van der Waals surface area contributed by atoms with Crippen molar-refractivity contribution in [2.24, 2.45) is 0 Å². The smallest absolute Gasteiger partial charge is 0.201 e. The molecule has 0 aliphatic heterocycles. The molecule has 2 aromatic carbocycles. The number of hydrogen-bond acceptors (Lipinski definition) is 3. The molecule has 2 N–H and O–H groups in total. The highest BCUT2D eigenvalue weighted by atomic mass is 19.1. The first-order valence-electron chi connectivity index (χ1n) is 5.56. The van der Waals surface area contributed by atoms with Gasteiger partial charge >= 0.3 is 0 Å². The predicted octanol–water partition coefficient (Wildman–Crippen LogP) is 2.93. The van der Waals surface area contributed by atoms with E-state index in [4.69, 9.17) is 5.73 Å². The Balaban J connectivity index is 2.54. The van der Waals surface area contributed by atoms with Crippen LogP contribution in [0.4, 0.5) is 18.9 Å². The normalized spacial score (nSPS) is 10.4. The minimum Gasteiger partial charge on any atom is -0.497 e. The van der Waals surface area contributed by atoms with Crippen LogP contribution in [-0.2, 0) is 0 Å². The van der Waals surface area contributed by atoms with E-state index < -0.39 is 34.4 Å². The lowest BCUT2D eigenvalue weighted by molar-refractivity contribution is 0.102. The number of halogens is 3. The van der Waals surface area contributed by atoms with Crippen LogP contribution in [0.5, 0.6) is 5.75 Å². The van der Waals surface area contributed by atoms with Gasteiger partial charge in [0.1, 0.15) is 23.2 Å². The molecule has 0 amide bonds. The van der Waals surface area contributed by atoms with Crippen molar-refractivity contribution < 1.29 is 22.7 Å². The fourth-order valence-electron chi connectivity index (χ4n) is 1.73. The molecule has 20 heavy (non-hydrogen) atoms. The third-order valence-electron chi connectivity index (χ3n) is 2.72. The summed E-state index contributed by atoms with van der Waals surface area (Å²) in [5.74, 6) is -4.36. The number of anilines is 1. The lowest BCUT2D eigenvalue weighted by Crippen LogP contribution is -2.10. The zero-order valence-corrected chi connectivity index (χ0v) is 10.4. The zero-order valence-electron chi connectivity index (χ0n) is 10.4. The van der Waals surface area contributed by atoms with E-state index in [0.29, 0.717) is 0 Å². The number of nitrogen functional groups attached to an aromatic ring is 1. The van der Waals surface area contributed by atoms with E-state index in [1.165, 1.54) is 13.2 Å². The van der Waals surface area contributed by atoms with Gasteiger partial charge in [-0.1, -0.05) is 0 Å². The monoisotopic (exact) mass is 281 g/mol. The number of rotatable bonds is 3. The van der Waals surface area contributed by atoms with Gasteiger partial charge in [0.2, 0.25) is 5.78 Å². The van der Waals surface area contributed by atoms with Gasteiger partial charge in [-0.3, -0.25) is 4.79 Å². The van der Waals surface area contributed by atoms with E-state index in [-0.39, 0.29) is 11.4 Å². The van der Waals surface area contributed by atoms with Gasteiger partial charge in [0.05, 0.1) is 18.2 Å². The molecule has 3 nitrogen and oxygen atoms in total. The summed E-state index contributed by atoms with van der Waals surface area (Å²) in [5.41, 5.74) is 4.16. The Bertz CT molecular complexity index is 663. The molecule has 0 aromatic heterocycles. The van der Waals surface area contributed by atoms with Gasteiger partial charge in [-0.05, 0) is 18.2 Å². The van der Waals surface area contributed by atoms with Crippen LogP contribution in [0, 0.1) is 17.5 Å². The van der Waals surface area contributed by atoms with Crippen LogP contribution in [0.3, 0.4) is 0 Å². The van der Waals surface area contributed by atoms with E-state index in [2.05, 4.69) is 4.74 Å². The fraction of sp³-hybridized carbons (Fsp3) is 0.0714. The van der Waals surface area contributed by atoms with E-state index >= 15 is 0 Å². The van der Waals surface area contributed by atoms with Crippen LogP contribution in [0.25, 0.3) is 0 Å². The van der Waals surface area contributed by atoms with Crippen molar-refractivity contribution in [1.29, 1.82) is 0 Å². The molecule has 2 rings (SSSR count). The maximum Gasteiger partial charge on any atom is 0.201 e. The van der Waals surface area contributed by atoms with Gasteiger partial charge in [-0.15, -0.1) is 0 Å². The minimum absolute atomic E-state index is 0.0747. The molecular formula is C14H10F3NO2. The summed E-state index contributed by atoms with van der Waals surface area (Å²) in [6.07, 6.45) is 0. The number of benzene rings is 2. The number of carbonyl (C=O) groups excluding carboxylic acids is 1. The van der Waals surface area contributed by atoms with Gasteiger partial charge in [0.15, 0.2) is 0 Å². The summed E-state index contributed by atoms with van der Waals surface area (Å²) in [7, 11) is 1.23. The summed E-state index contributed by atoms with van der Waals surface area (Å²) >= 11 is 0. The Hall–Kier alpha value is -2.50. The second-order valence-corrected chi connectivity index (χ2v) is 4.03. The Morgan fingerprint density at radius 1 is 1.05 bits per heavy atom. The number of methoxy groups -OCH3 is 1. The van der Waals surface area contributed by atoms with Crippen molar-refractivity contribution in [3.8, 4) is 5.75 Å². The van der Waals surface area contributed by atoms with Gasteiger partial charge in [0.25, 0.3) is 0 Å². The van der Waals surface area contributed by atoms with Gasteiger partial charge < -0.3 is 10.5 Å². The van der Waals surface area contributed by atoms with Gasteiger partial charge in [0, 0.05) is 17.8 Å². The molecule has 0 unspecified atom stereocenters. The van der Waals surface area contributed by atoms with Crippen molar-refractivity contribution in [3.63, 3.8) is 0 Å². The summed E-state index contributed by atoms with van der Waals surface area (Å²) < 4.78 is 45.8.